The van der Waals surface area contributed by atoms with Gasteiger partial charge in [0.2, 0.25) is 0 Å². The quantitative estimate of drug-likeness (QED) is 0.400. The van der Waals surface area contributed by atoms with Crippen molar-refractivity contribution in [2.45, 2.75) is 19.8 Å². The summed E-state index contributed by atoms with van der Waals surface area (Å²) in [6.45, 7) is 3.30. The minimum Gasteiger partial charge on any atom is -0.493 e. The summed E-state index contributed by atoms with van der Waals surface area (Å²) in [4.78, 5) is 12.3. The monoisotopic (exact) mass is 399 g/mol. The molecule has 3 rings (SSSR count). The Hall–Kier alpha value is -2.31. The van der Waals surface area contributed by atoms with Crippen molar-refractivity contribution in [1.82, 2.24) is 5.32 Å². The molecular weight excluding hydrogens is 378 g/mol. The Balaban J connectivity index is 1.45. The molecule has 1 amide bonds. The second-order valence-electron chi connectivity index (χ2n) is 5.97. The van der Waals surface area contributed by atoms with Crippen LogP contribution in [0.15, 0.2) is 53.4 Å². The van der Waals surface area contributed by atoms with Crippen LogP contribution in [-0.4, -0.2) is 23.4 Å². The molecule has 0 aliphatic carbocycles. The number of thioether (sulfide) groups is 1. The normalized spacial score (nSPS) is 15.1. The van der Waals surface area contributed by atoms with E-state index >= 15 is 0 Å². The lowest BCUT2D eigenvalue weighted by Gasteiger charge is -2.09. The molecule has 2 aromatic carbocycles. The summed E-state index contributed by atoms with van der Waals surface area (Å²) in [7, 11) is 0. The predicted octanol–water partition coefficient (Wildman–Crippen LogP) is 4.59. The Bertz CT molecular complexity index is 847. The van der Waals surface area contributed by atoms with Gasteiger partial charge in [0.05, 0.1) is 18.1 Å². The van der Waals surface area contributed by atoms with E-state index in [9.17, 15) is 4.79 Å². The van der Waals surface area contributed by atoms with Crippen molar-refractivity contribution in [3.05, 3.63) is 64.6 Å². The Labute approximate surface area is 168 Å². The third kappa shape index (κ3) is 5.84. The van der Waals surface area contributed by atoms with Crippen LogP contribution in [0.4, 0.5) is 0 Å². The van der Waals surface area contributed by atoms with Crippen LogP contribution in [0.5, 0.6) is 11.5 Å². The summed E-state index contributed by atoms with van der Waals surface area (Å²) in [6, 6.07) is 15.8. The average Bonchev–Trinajstić information content (AvgIpc) is 2.99. The maximum atomic E-state index is 11.7. The molecule has 2 aromatic rings. The van der Waals surface area contributed by atoms with Gasteiger partial charge in [-0.05, 0) is 47.9 Å². The van der Waals surface area contributed by atoms with E-state index in [4.69, 9.17) is 21.7 Å². The highest BCUT2D eigenvalue weighted by Gasteiger charge is 2.21. The van der Waals surface area contributed by atoms with Crippen LogP contribution in [0, 0.1) is 0 Å². The van der Waals surface area contributed by atoms with Gasteiger partial charge in [-0.2, -0.15) is 0 Å². The standard InChI is InChI=1S/C21H21NO3S2/c1-2-15-7-9-17(10-8-15)24-11-4-12-25-18-6-3-5-16(13-18)14-19-20(23)22-21(26)27-19/h3,5-10,13-14H,2,4,11-12H2,1H3,(H,22,23,26)/b19-14-. The number of nitrogens with one attached hydrogen (secondary N) is 1. The lowest BCUT2D eigenvalue weighted by molar-refractivity contribution is -0.115. The van der Waals surface area contributed by atoms with Gasteiger partial charge in [-0.1, -0.05) is 55.2 Å². The van der Waals surface area contributed by atoms with Crippen molar-refractivity contribution in [2.24, 2.45) is 0 Å². The molecule has 0 unspecified atom stereocenters. The van der Waals surface area contributed by atoms with E-state index in [2.05, 4.69) is 24.4 Å². The third-order valence-electron chi connectivity index (χ3n) is 3.96. The van der Waals surface area contributed by atoms with Crippen LogP contribution in [0.25, 0.3) is 6.08 Å². The molecule has 0 atom stereocenters. The number of carbonyl (C=O) groups is 1. The molecule has 4 nitrogen and oxygen atoms in total. The fourth-order valence-electron chi connectivity index (χ4n) is 2.53. The Morgan fingerprint density at radius 1 is 1.07 bits per heavy atom. The van der Waals surface area contributed by atoms with E-state index in [1.54, 1.807) is 0 Å². The van der Waals surface area contributed by atoms with Crippen LogP contribution in [0.3, 0.4) is 0 Å². The number of rotatable bonds is 8. The Kier molecular flexibility index (Phi) is 6.90. The molecule has 1 aliphatic rings. The highest BCUT2D eigenvalue weighted by Crippen LogP contribution is 2.26. The predicted molar refractivity (Wildman–Crippen MR) is 114 cm³/mol. The van der Waals surface area contributed by atoms with Crippen molar-refractivity contribution < 1.29 is 14.3 Å². The molecule has 0 bridgehead atoms. The summed E-state index contributed by atoms with van der Waals surface area (Å²) < 4.78 is 12.0. The zero-order valence-corrected chi connectivity index (χ0v) is 16.7. The van der Waals surface area contributed by atoms with E-state index in [1.165, 1.54) is 17.3 Å². The maximum absolute atomic E-state index is 11.7. The van der Waals surface area contributed by atoms with Crippen LogP contribution in [0.2, 0.25) is 0 Å². The van der Waals surface area contributed by atoms with E-state index in [1.807, 2.05) is 42.5 Å². The Morgan fingerprint density at radius 2 is 1.81 bits per heavy atom. The fraction of sp³-hybridized carbons (Fsp3) is 0.238. The SMILES string of the molecule is CCc1ccc(OCCCOc2cccc(/C=C3\SC(=S)NC3=O)c2)cc1. The number of benzene rings is 2. The van der Waals surface area contributed by atoms with Crippen LogP contribution >= 0.6 is 24.0 Å². The van der Waals surface area contributed by atoms with E-state index in [0.717, 1.165) is 29.9 Å². The van der Waals surface area contributed by atoms with Crippen molar-refractivity contribution in [1.29, 1.82) is 0 Å². The van der Waals surface area contributed by atoms with E-state index in [0.29, 0.717) is 22.4 Å². The van der Waals surface area contributed by atoms with Crippen LogP contribution in [0.1, 0.15) is 24.5 Å². The molecule has 140 valence electrons. The van der Waals surface area contributed by atoms with E-state index in [-0.39, 0.29) is 5.91 Å². The lowest BCUT2D eigenvalue weighted by Crippen LogP contribution is -2.17. The molecule has 1 fully saturated rings. The molecule has 1 saturated heterocycles. The average molecular weight is 400 g/mol. The summed E-state index contributed by atoms with van der Waals surface area (Å²) in [6.07, 6.45) is 3.63. The van der Waals surface area contributed by atoms with Gasteiger partial charge < -0.3 is 14.8 Å². The zero-order valence-electron chi connectivity index (χ0n) is 15.1. The number of thiocarbonyl (C=S) groups is 1. The van der Waals surface area contributed by atoms with Gasteiger partial charge >= 0.3 is 0 Å². The Morgan fingerprint density at radius 3 is 2.48 bits per heavy atom. The van der Waals surface area contributed by atoms with Crippen LogP contribution in [-0.2, 0) is 11.2 Å². The molecule has 6 heteroatoms. The zero-order chi connectivity index (χ0) is 19.1. The van der Waals surface area contributed by atoms with Gasteiger partial charge in [-0.25, -0.2) is 0 Å². The van der Waals surface area contributed by atoms with Crippen molar-refractivity contribution in [2.75, 3.05) is 13.2 Å². The van der Waals surface area contributed by atoms with Gasteiger partial charge in [0.1, 0.15) is 15.8 Å². The van der Waals surface area contributed by atoms with Gasteiger partial charge in [0.15, 0.2) is 0 Å². The molecule has 1 aliphatic heterocycles. The van der Waals surface area contributed by atoms with Crippen molar-refractivity contribution >= 4 is 40.3 Å². The summed E-state index contributed by atoms with van der Waals surface area (Å²) in [5.41, 5.74) is 2.21. The second kappa shape index (κ2) is 9.58. The smallest absolute Gasteiger partial charge is 0.263 e. The first-order chi connectivity index (χ1) is 13.1. The molecular formula is C21H21NO3S2. The maximum Gasteiger partial charge on any atom is 0.263 e. The minimum atomic E-state index is -0.152. The second-order valence-corrected chi connectivity index (χ2v) is 7.69. The number of hydrogen-bond donors (Lipinski definition) is 1. The van der Waals surface area contributed by atoms with Crippen molar-refractivity contribution in [3.8, 4) is 11.5 Å². The van der Waals surface area contributed by atoms with Gasteiger partial charge in [-0.3, -0.25) is 4.79 Å². The third-order valence-corrected chi connectivity index (χ3v) is 5.12. The van der Waals surface area contributed by atoms with E-state index < -0.39 is 0 Å². The van der Waals surface area contributed by atoms with Gasteiger partial charge in [0.25, 0.3) is 5.91 Å². The number of hydrogen-bond acceptors (Lipinski definition) is 5. The number of carbonyl (C=O) groups excluding carboxylic acids is 1. The largest absolute Gasteiger partial charge is 0.493 e. The highest BCUT2D eigenvalue weighted by atomic mass is 32.2. The van der Waals surface area contributed by atoms with Crippen LogP contribution < -0.4 is 14.8 Å². The molecule has 0 spiro atoms. The first kappa shape index (κ1) is 19.5. The number of ether oxygens (including phenoxy) is 2. The topological polar surface area (TPSA) is 47.6 Å². The lowest BCUT2D eigenvalue weighted by atomic mass is 10.2. The summed E-state index contributed by atoms with van der Waals surface area (Å²) >= 11 is 6.27. The minimum absolute atomic E-state index is 0.152. The molecule has 1 N–H and O–H groups in total. The number of amides is 1. The summed E-state index contributed by atoms with van der Waals surface area (Å²) in [5.74, 6) is 1.49. The molecule has 27 heavy (non-hydrogen) atoms. The molecule has 0 radical (unpaired) electrons. The number of aryl methyl sites for hydroxylation is 1. The first-order valence-electron chi connectivity index (χ1n) is 8.83. The van der Waals surface area contributed by atoms with Gasteiger partial charge in [0, 0.05) is 6.42 Å². The molecule has 0 aromatic heterocycles. The fourth-order valence-corrected chi connectivity index (χ4v) is 3.57. The van der Waals surface area contributed by atoms with Gasteiger partial charge in [-0.15, -0.1) is 0 Å². The first-order valence-corrected chi connectivity index (χ1v) is 10.1. The van der Waals surface area contributed by atoms with Crippen molar-refractivity contribution in [3.63, 3.8) is 0 Å². The molecule has 1 heterocycles. The highest BCUT2D eigenvalue weighted by molar-refractivity contribution is 8.26. The summed E-state index contributed by atoms with van der Waals surface area (Å²) in [5, 5.41) is 2.61. The molecule has 0 saturated carbocycles.